The lowest BCUT2D eigenvalue weighted by atomic mass is 10.0. The van der Waals surface area contributed by atoms with Crippen LogP contribution in [-0.2, 0) is 11.3 Å². The maximum Gasteiger partial charge on any atom is 0.123 e. The third-order valence-electron chi connectivity index (χ3n) is 4.84. The molecule has 1 N–H and O–H groups in total. The molecule has 1 aromatic carbocycles. The van der Waals surface area contributed by atoms with Crippen LogP contribution in [0.5, 0.6) is 0 Å². The van der Waals surface area contributed by atoms with E-state index in [4.69, 9.17) is 9.72 Å². The van der Waals surface area contributed by atoms with Crippen molar-refractivity contribution in [3.05, 3.63) is 72.4 Å². The first kappa shape index (κ1) is 17.8. The van der Waals surface area contributed by atoms with Crippen LogP contribution in [0.15, 0.2) is 61.1 Å². The van der Waals surface area contributed by atoms with Crippen molar-refractivity contribution in [1.29, 1.82) is 0 Å². The van der Waals surface area contributed by atoms with Crippen LogP contribution in [-0.4, -0.2) is 29.2 Å². The SMILES string of the molecule is Fc1ccc(-c2cnc(-c3ccncc3)c(CN[C@H]3CCCOC3)c2)cc1. The summed E-state index contributed by atoms with van der Waals surface area (Å²) in [6, 6.07) is 12.9. The maximum atomic E-state index is 13.3. The molecule has 1 aliphatic rings. The van der Waals surface area contributed by atoms with Gasteiger partial charge in [0.05, 0.1) is 12.3 Å². The molecule has 4 nitrogen and oxygen atoms in total. The van der Waals surface area contributed by atoms with Crippen molar-refractivity contribution in [3.63, 3.8) is 0 Å². The molecule has 1 atom stereocenters. The molecule has 1 saturated heterocycles. The van der Waals surface area contributed by atoms with Gasteiger partial charge in [0.1, 0.15) is 5.82 Å². The van der Waals surface area contributed by atoms with Crippen molar-refractivity contribution >= 4 is 0 Å². The Bertz CT molecular complexity index is 878. The molecule has 0 spiro atoms. The van der Waals surface area contributed by atoms with Crippen LogP contribution >= 0.6 is 0 Å². The van der Waals surface area contributed by atoms with E-state index in [2.05, 4.69) is 16.4 Å². The number of hydrogen-bond acceptors (Lipinski definition) is 4. The van der Waals surface area contributed by atoms with Gasteiger partial charge < -0.3 is 10.1 Å². The van der Waals surface area contributed by atoms with Crippen LogP contribution in [0.4, 0.5) is 4.39 Å². The van der Waals surface area contributed by atoms with Crippen molar-refractivity contribution in [3.8, 4) is 22.4 Å². The van der Waals surface area contributed by atoms with Crippen molar-refractivity contribution in [2.45, 2.75) is 25.4 Å². The largest absolute Gasteiger partial charge is 0.380 e. The molecule has 5 heteroatoms. The number of aromatic nitrogens is 2. The lowest BCUT2D eigenvalue weighted by Crippen LogP contribution is -2.36. The summed E-state index contributed by atoms with van der Waals surface area (Å²) in [5.41, 5.74) is 5.00. The van der Waals surface area contributed by atoms with E-state index in [0.717, 1.165) is 54.0 Å². The number of hydrogen-bond donors (Lipinski definition) is 1. The summed E-state index contributed by atoms with van der Waals surface area (Å²) < 4.78 is 18.8. The predicted octanol–water partition coefficient (Wildman–Crippen LogP) is 4.22. The van der Waals surface area contributed by atoms with Crippen molar-refractivity contribution in [2.75, 3.05) is 13.2 Å². The van der Waals surface area contributed by atoms with Crippen LogP contribution in [0, 0.1) is 5.82 Å². The van der Waals surface area contributed by atoms with Gasteiger partial charge in [0.2, 0.25) is 0 Å². The van der Waals surface area contributed by atoms with Gasteiger partial charge in [0.15, 0.2) is 0 Å². The van der Waals surface area contributed by atoms with Gasteiger partial charge in [-0.25, -0.2) is 4.39 Å². The highest BCUT2D eigenvalue weighted by molar-refractivity contribution is 5.69. The Morgan fingerprint density at radius 2 is 1.85 bits per heavy atom. The fraction of sp³-hybridized carbons (Fsp3) is 0.273. The number of nitrogens with zero attached hydrogens (tertiary/aromatic N) is 2. The summed E-state index contributed by atoms with van der Waals surface area (Å²) in [6.45, 7) is 2.30. The molecular formula is C22H22FN3O. The van der Waals surface area contributed by atoms with Crippen LogP contribution in [0.1, 0.15) is 18.4 Å². The minimum atomic E-state index is -0.237. The highest BCUT2D eigenvalue weighted by Crippen LogP contribution is 2.27. The number of ether oxygens (including phenoxy) is 1. The van der Waals surface area contributed by atoms with Gasteiger partial charge in [0, 0.05) is 48.9 Å². The van der Waals surface area contributed by atoms with Gasteiger partial charge in [0.25, 0.3) is 0 Å². The van der Waals surface area contributed by atoms with Gasteiger partial charge in [-0.2, -0.15) is 0 Å². The molecular weight excluding hydrogens is 341 g/mol. The van der Waals surface area contributed by atoms with E-state index in [1.165, 1.54) is 12.1 Å². The molecule has 3 heterocycles. The van der Waals surface area contributed by atoms with Gasteiger partial charge in [-0.3, -0.25) is 9.97 Å². The molecule has 2 aromatic heterocycles. The summed E-state index contributed by atoms with van der Waals surface area (Å²) in [7, 11) is 0. The molecule has 27 heavy (non-hydrogen) atoms. The fourth-order valence-corrected chi connectivity index (χ4v) is 3.37. The molecule has 0 unspecified atom stereocenters. The monoisotopic (exact) mass is 363 g/mol. The third-order valence-corrected chi connectivity index (χ3v) is 4.84. The van der Waals surface area contributed by atoms with Crippen molar-refractivity contribution in [2.24, 2.45) is 0 Å². The van der Waals surface area contributed by atoms with Crippen LogP contribution in [0.25, 0.3) is 22.4 Å². The summed E-state index contributed by atoms with van der Waals surface area (Å²) in [6.07, 6.45) is 7.60. The first-order valence-electron chi connectivity index (χ1n) is 9.26. The Hall–Kier alpha value is -2.63. The second kappa shape index (κ2) is 8.37. The first-order valence-corrected chi connectivity index (χ1v) is 9.26. The third kappa shape index (κ3) is 4.38. The highest BCUT2D eigenvalue weighted by atomic mass is 19.1. The van der Waals surface area contributed by atoms with E-state index in [9.17, 15) is 4.39 Å². The van der Waals surface area contributed by atoms with E-state index < -0.39 is 0 Å². The Balaban J connectivity index is 1.65. The molecule has 4 rings (SSSR count). The van der Waals surface area contributed by atoms with E-state index in [1.807, 2.05) is 18.3 Å². The standard InChI is InChI=1S/C22H22FN3O/c23-20-5-3-16(4-6-20)18-12-19(14-25-21-2-1-11-27-15-21)22(26-13-18)17-7-9-24-10-8-17/h3-10,12-13,21,25H,1-2,11,14-15H2/t21-/m0/s1. The van der Waals surface area contributed by atoms with E-state index in [-0.39, 0.29) is 5.82 Å². The first-order chi connectivity index (χ1) is 13.3. The zero-order valence-electron chi connectivity index (χ0n) is 15.1. The molecule has 0 aliphatic carbocycles. The molecule has 0 amide bonds. The van der Waals surface area contributed by atoms with Crippen LogP contribution < -0.4 is 5.32 Å². The smallest absolute Gasteiger partial charge is 0.123 e. The lowest BCUT2D eigenvalue weighted by Gasteiger charge is -2.24. The predicted molar refractivity (Wildman–Crippen MR) is 104 cm³/mol. The van der Waals surface area contributed by atoms with Gasteiger partial charge in [-0.1, -0.05) is 12.1 Å². The highest BCUT2D eigenvalue weighted by Gasteiger charge is 2.15. The number of halogens is 1. The fourth-order valence-electron chi connectivity index (χ4n) is 3.37. The molecule has 138 valence electrons. The maximum absolute atomic E-state index is 13.3. The van der Waals surface area contributed by atoms with E-state index in [0.29, 0.717) is 12.6 Å². The average molecular weight is 363 g/mol. The minimum absolute atomic E-state index is 0.237. The molecule has 1 aliphatic heterocycles. The topological polar surface area (TPSA) is 47.0 Å². The van der Waals surface area contributed by atoms with E-state index in [1.54, 1.807) is 24.5 Å². The zero-order valence-corrected chi connectivity index (χ0v) is 15.1. The normalized spacial score (nSPS) is 17.0. The Labute approximate surface area is 158 Å². The molecule has 0 bridgehead atoms. The quantitative estimate of drug-likeness (QED) is 0.737. The number of pyridine rings is 2. The zero-order chi connectivity index (χ0) is 18.5. The van der Waals surface area contributed by atoms with E-state index >= 15 is 0 Å². The van der Waals surface area contributed by atoms with Crippen molar-refractivity contribution in [1.82, 2.24) is 15.3 Å². The number of benzene rings is 1. The number of nitrogens with one attached hydrogen (secondary N) is 1. The van der Waals surface area contributed by atoms with Crippen LogP contribution in [0.3, 0.4) is 0 Å². The second-order valence-electron chi connectivity index (χ2n) is 6.77. The van der Waals surface area contributed by atoms with Gasteiger partial charge in [-0.15, -0.1) is 0 Å². The average Bonchev–Trinajstić information content (AvgIpc) is 2.74. The molecule has 0 saturated carbocycles. The summed E-state index contributed by atoms with van der Waals surface area (Å²) in [5.74, 6) is -0.237. The molecule has 0 radical (unpaired) electrons. The minimum Gasteiger partial charge on any atom is -0.380 e. The Kier molecular flexibility index (Phi) is 5.51. The summed E-state index contributed by atoms with van der Waals surface area (Å²) in [4.78, 5) is 8.82. The van der Waals surface area contributed by atoms with Gasteiger partial charge in [-0.05, 0) is 54.3 Å². The Morgan fingerprint density at radius 1 is 1.04 bits per heavy atom. The van der Waals surface area contributed by atoms with Crippen molar-refractivity contribution < 1.29 is 9.13 Å². The second-order valence-corrected chi connectivity index (χ2v) is 6.77. The number of rotatable bonds is 5. The van der Waals surface area contributed by atoms with Crippen LogP contribution in [0.2, 0.25) is 0 Å². The van der Waals surface area contributed by atoms with Gasteiger partial charge >= 0.3 is 0 Å². The Morgan fingerprint density at radius 3 is 2.59 bits per heavy atom. The molecule has 1 fully saturated rings. The summed E-state index contributed by atoms with van der Waals surface area (Å²) >= 11 is 0. The lowest BCUT2D eigenvalue weighted by molar-refractivity contribution is 0.0699. The molecule has 3 aromatic rings. The summed E-state index contributed by atoms with van der Waals surface area (Å²) in [5, 5.41) is 3.60.